The van der Waals surface area contributed by atoms with Crippen LogP contribution in [-0.4, -0.2) is 130 Å². The fourth-order valence-electron chi connectivity index (χ4n) is 7.19. The average Bonchev–Trinajstić information content (AvgIpc) is 3.43. The van der Waals surface area contributed by atoms with Crippen LogP contribution < -0.4 is 5.32 Å². The Morgan fingerprint density at radius 2 is 1.54 bits per heavy atom. The number of ether oxygens (including phenoxy) is 4. The number of hydrogen-bond donors (Lipinski definition) is 3. The van der Waals surface area contributed by atoms with Crippen molar-refractivity contribution in [3.05, 3.63) is 35.9 Å². The number of amides is 1. The summed E-state index contributed by atoms with van der Waals surface area (Å²) in [7, 11) is 2.04. The number of nitrogens with one attached hydrogen (secondary N) is 3. The Bertz CT molecular complexity index is 1070. The highest BCUT2D eigenvalue weighted by atomic mass is 16.6. The average molecular weight is 673 g/mol. The largest absolute Gasteiger partial charge is 0.379 e. The number of rotatable bonds is 22. The second-order valence-corrected chi connectivity index (χ2v) is 13.2. The van der Waals surface area contributed by atoms with E-state index in [9.17, 15) is 4.79 Å². The second kappa shape index (κ2) is 22.3. The minimum atomic E-state index is 0.0502. The minimum absolute atomic E-state index is 0.0502. The molecule has 48 heavy (non-hydrogen) atoms. The molecule has 1 aromatic carbocycles. The molecular formula is C37H64N6O5. The summed E-state index contributed by atoms with van der Waals surface area (Å²) in [5.74, 6) is 1.11. The van der Waals surface area contributed by atoms with Gasteiger partial charge in [-0.25, -0.2) is 0 Å². The molecule has 3 rings (SSSR count). The zero-order valence-corrected chi connectivity index (χ0v) is 30.4. The van der Waals surface area contributed by atoms with Crippen LogP contribution in [0.4, 0.5) is 0 Å². The van der Waals surface area contributed by atoms with Gasteiger partial charge in [-0.3, -0.25) is 20.5 Å². The van der Waals surface area contributed by atoms with E-state index in [1.54, 1.807) is 6.92 Å². The number of likely N-dealkylation sites (tertiary alicyclic amines) is 2. The van der Waals surface area contributed by atoms with Gasteiger partial charge in [0.1, 0.15) is 5.84 Å². The van der Waals surface area contributed by atoms with Crippen LogP contribution in [0.3, 0.4) is 0 Å². The molecule has 0 aliphatic carbocycles. The molecule has 0 radical (unpaired) electrons. The van der Waals surface area contributed by atoms with Crippen LogP contribution in [0.15, 0.2) is 30.3 Å². The van der Waals surface area contributed by atoms with Crippen molar-refractivity contribution in [3.63, 3.8) is 0 Å². The molecule has 2 aliphatic rings. The van der Waals surface area contributed by atoms with E-state index in [2.05, 4.69) is 54.4 Å². The maximum absolute atomic E-state index is 12.8. The van der Waals surface area contributed by atoms with E-state index < -0.39 is 0 Å². The van der Waals surface area contributed by atoms with Gasteiger partial charge in [-0.15, -0.1) is 0 Å². The molecule has 0 bridgehead atoms. The lowest BCUT2D eigenvalue weighted by Crippen LogP contribution is -2.50. The van der Waals surface area contributed by atoms with Crippen LogP contribution in [0.5, 0.6) is 0 Å². The summed E-state index contributed by atoms with van der Waals surface area (Å²) >= 11 is 0. The van der Waals surface area contributed by atoms with Crippen molar-refractivity contribution in [2.75, 3.05) is 79.5 Å². The first kappa shape index (κ1) is 40.0. The third-order valence-electron chi connectivity index (χ3n) is 9.87. The third-order valence-corrected chi connectivity index (χ3v) is 9.87. The zero-order chi connectivity index (χ0) is 34.7. The molecule has 3 N–H and O–H groups in total. The lowest BCUT2D eigenvalue weighted by Gasteiger charge is -2.40. The Balaban J connectivity index is 1.37. The second-order valence-electron chi connectivity index (χ2n) is 13.2. The topological polar surface area (TPSA) is 123 Å². The number of piperidine rings is 1. The maximum Gasteiger partial charge on any atom is 0.224 e. The molecule has 1 aromatic rings. The Kier molecular flexibility index (Phi) is 18.6. The molecule has 4 atom stereocenters. The molecule has 0 saturated carbocycles. The van der Waals surface area contributed by atoms with E-state index in [4.69, 9.17) is 29.8 Å². The predicted molar refractivity (Wildman–Crippen MR) is 192 cm³/mol. The summed E-state index contributed by atoms with van der Waals surface area (Å²) in [5.41, 5.74) is 1.32. The third kappa shape index (κ3) is 13.1. The van der Waals surface area contributed by atoms with Crippen molar-refractivity contribution >= 4 is 17.6 Å². The first-order valence-corrected chi connectivity index (χ1v) is 18.3. The number of amidine groups is 2. The SMILES string of the molecule is CCOCCOCCOCCOCCC(=O)N1CCC(C(=N)N(C(C)=N)C(C)CC2CCC(C)N2CCC(NC)c2ccccc2)CC1. The molecule has 0 spiro atoms. The highest BCUT2D eigenvalue weighted by Gasteiger charge is 2.35. The monoisotopic (exact) mass is 672 g/mol. The Morgan fingerprint density at radius 1 is 0.938 bits per heavy atom. The smallest absolute Gasteiger partial charge is 0.224 e. The Morgan fingerprint density at radius 3 is 2.12 bits per heavy atom. The first-order valence-electron chi connectivity index (χ1n) is 18.3. The van der Waals surface area contributed by atoms with Crippen molar-refractivity contribution in [3.8, 4) is 0 Å². The molecule has 2 fully saturated rings. The molecular weight excluding hydrogens is 608 g/mol. The van der Waals surface area contributed by atoms with E-state index in [0.717, 1.165) is 38.6 Å². The maximum atomic E-state index is 12.8. The van der Waals surface area contributed by atoms with Gasteiger partial charge in [-0.1, -0.05) is 30.3 Å². The van der Waals surface area contributed by atoms with Crippen LogP contribution >= 0.6 is 0 Å². The number of carbonyl (C=O) groups excluding carboxylic acids is 1. The molecule has 2 saturated heterocycles. The molecule has 11 nitrogen and oxygen atoms in total. The fraction of sp³-hybridized carbons (Fsp3) is 0.757. The first-order chi connectivity index (χ1) is 23.3. The Hall–Kier alpha value is -2.41. The van der Waals surface area contributed by atoms with E-state index in [-0.39, 0.29) is 17.9 Å². The number of hydrogen-bond acceptors (Lipinski definition) is 9. The van der Waals surface area contributed by atoms with Gasteiger partial charge in [0.25, 0.3) is 0 Å². The molecule has 2 aliphatic heterocycles. The normalized spacial score (nSPS) is 20.1. The summed E-state index contributed by atoms with van der Waals surface area (Å²) in [4.78, 5) is 19.3. The van der Waals surface area contributed by atoms with Gasteiger partial charge >= 0.3 is 0 Å². The van der Waals surface area contributed by atoms with Gasteiger partial charge in [0.2, 0.25) is 5.91 Å². The van der Waals surface area contributed by atoms with Gasteiger partial charge in [-0.2, -0.15) is 0 Å². The number of benzene rings is 1. The Labute approximate surface area is 290 Å². The number of nitrogens with zero attached hydrogens (tertiary/aromatic N) is 3. The predicted octanol–water partition coefficient (Wildman–Crippen LogP) is 4.96. The molecule has 0 aromatic heterocycles. The lowest BCUT2D eigenvalue weighted by atomic mass is 9.93. The van der Waals surface area contributed by atoms with Gasteiger partial charge < -0.3 is 34.1 Å². The van der Waals surface area contributed by atoms with Crippen molar-refractivity contribution in [1.82, 2.24) is 20.0 Å². The summed E-state index contributed by atoms with van der Waals surface area (Å²) in [6, 6.07) is 12.0. The van der Waals surface area contributed by atoms with E-state index in [1.807, 2.05) is 23.8 Å². The van der Waals surface area contributed by atoms with Crippen molar-refractivity contribution < 1.29 is 23.7 Å². The van der Waals surface area contributed by atoms with Gasteiger partial charge in [0.05, 0.1) is 58.5 Å². The molecule has 2 heterocycles. The molecule has 1 amide bonds. The van der Waals surface area contributed by atoms with Crippen molar-refractivity contribution in [1.29, 1.82) is 10.8 Å². The quantitative estimate of drug-likeness (QED) is 0.0898. The lowest BCUT2D eigenvalue weighted by molar-refractivity contribution is -0.133. The van der Waals surface area contributed by atoms with Crippen LogP contribution in [0.25, 0.3) is 0 Å². The van der Waals surface area contributed by atoms with E-state index in [0.29, 0.717) is 102 Å². The zero-order valence-electron chi connectivity index (χ0n) is 30.4. The number of carbonyl (C=O) groups is 1. The molecule has 4 unspecified atom stereocenters. The van der Waals surface area contributed by atoms with Crippen molar-refractivity contribution in [2.24, 2.45) is 5.92 Å². The highest BCUT2D eigenvalue weighted by Crippen LogP contribution is 2.31. The highest BCUT2D eigenvalue weighted by molar-refractivity contribution is 5.98. The van der Waals surface area contributed by atoms with Crippen LogP contribution in [0.2, 0.25) is 0 Å². The summed E-state index contributed by atoms with van der Waals surface area (Å²) in [5, 5.41) is 21.3. The molecule has 272 valence electrons. The molecule has 11 heteroatoms. The van der Waals surface area contributed by atoms with Gasteiger partial charge in [0, 0.05) is 56.3 Å². The van der Waals surface area contributed by atoms with Crippen LogP contribution in [0.1, 0.15) is 84.2 Å². The van der Waals surface area contributed by atoms with E-state index in [1.165, 1.54) is 12.0 Å². The van der Waals surface area contributed by atoms with Crippen molar-refractivity contribution in [2.45, 2.75) is 96.8 Å². The van der Waals surface area contributed by atoms with Gasteiger partial charge in [0.15, 0.2) is 0 Å². The summed E-state index contributed by atoms with van der Waals surface area (Å²) < 4.78 is 21.8. The van der Waals surface area contributed by atoms with Crippen LogP contribution in [0, 0.1) is 16.7 Å². The van der Waals surface area contributed by atoms with Crippen LogP contribution in [-0.2, 0) is 23.7 Å². The minimum Gasteiger partial charge on any atom is -0.379 e. The fourth-order valence-corrected chi connectivity index (χ4v) is 7.19. The van der Waals surface area contributed by atoms with E-state index >= 15 is 0 Å². The summed E-state index contributed by atoms with van der Waals surface area (Å²) in [6.45, 7) is 14.8. The van der Waals surface area contributed by atoms with Gasteiger partial charge in [-0.05, 0) is 78.8 Å². The summed E-state index contributed by atoms with van der Waals surface area (Å²) in [6.07, 6.45) is 6.17. The standard InChI is InChI=1S/C37H64N6O5/c1-6-45-22-23-47-26-27-48-25-24-46-21-17-36(44)41-18-14-33(15-19-41)37(39)43(31(4)38)30(3)28-34-13-12-29(2)42(34)20-16-35(40-5)32-10-8-7-9-11-32/h7-11,29-30,33-35,38-40H,6,12-28H2,1-5H3.